The molecule has 5 rings (SSSR count). The van der Waals surface area contributed by atoms with Crippen molar-refractivity contribution in [3.05, 3.63) is 53.7 Å². The summed E-state index contributed by atoms with van der Waals surface area (Å²) >= 11 is 7.62. The first-order valence-corrected chi connectivity index (χ1v) is 12.3. The third-order valence-electron chi connectivity index (χ3n) is 5.56. The topological polar surface area (TPSA) is 92.3 Å². The normalized spacial score (nSPS) is 13.3. The van der Waals surface area contributed by atoms with E-state index in [2.05, 4.69) is 25.6 Å². The zero-order valence-electron chi connectivity index (χ0n) is 18.8. The van der Waals surface area contributed by atoms with Crippen molar-refractivity contribution in [3.8, 4) is 27.4 Å². The number of rotatable bonds is 8. The van der Waals surface area contributed by atoms with Crippen molar-refractivity contribution in [3.63, 3.8) is 0 Å². The van der Waals surface area contributed by atoms with Crippen molar-refractivity contribution < 1.29 is 13.9 Å². The number of nitrogens with zero attached hydrogens (tertiary/aromatic N) is 4. The van der Waals surface area contributed by atoms with E-state index in [-0.39, 0.29) is 11.7 Å². The van der Waals surface area contributed by atoms with E-state index in [4.69, 9.17) is 16.3 Å². The highest BCUT2D eigenvalue weighted by molar-refractivity contribution is 7.22. The molecule has 4 heterocycles. The summed E-state index contributed by atoms with van der Waals surface area (Å²) in [4.78, 5) is 26.7. The second-order valence-corrected chi connectivity index (χ2v) is 9.25. The number of fused-ring (bicyclic) bond motifs is 1. The van der Waals surface area contributed by atoms with Gasteiger partial charge in [-0.25, -0.2) is 24.1 Å². The number of carbonyl (C=O) groups excluding carboxylic acids is 1. The molecule has 0 aliphatic carbocycles. The van der Waals surface area contributed by atoms with Gasteiger partial charge >= 0.3 is 6.03 Å². The Labute approximate surface area is 210 Å². The van der Waals surface area contributed by atoms with Crippen LogP contribution in [0.2, 0.25) is 5.15 Å². The van der Waals surface area contributed by atoms with E-state index in [0.717, 1.165) is 27.4 Å². The molecule has 1 aliphatic rings. The monoisotopic (exact) mass is 512 g/mol. The number of halogens is 2. The number of aromatic nitrogens is 3. The minimum absolute atomic E-state index is 0.0865. The highest BCUT2D eigenvalue weighted by Gasteiger charge is 2.19. The molecule has 1 fully saturated rings. The smallest absolute Gasteiger partial charge is 0.317 e. The summed E-state index contributed by atoms with van der Waals surface area (Å²) in [6.45, 7) is 4.66. The molecule has 35 heavy (non-hydrogen) atoms. The molecule has 1 aliphatic heterocycles. The van der Waals surface area contributed by atoms with Crippen LogP contribution in [-0.4, -0.2) is 58.7 Å². The van der Waals surface area contributed by atoms with E-state index in [1.807, 2.05) is 31.2 Å². The summed E-state index contributed by atoms with van der Waals surface area (Å²) in [7, 11) is 0. The molecule has 3 aromatic heterocycles. The fourth-order valence-electron chi connectivity index (χ4n) is 3.94. The number of urea groups is 1. The van der Waals surface area contributed by atoms with Crippen molar-refractivity contribution >= 4 is 45.0 Å². The zero-order chi connectivity index (χ0) is 24.4. The number of anilines is 1. The number of hydrogen-bond acceptors (Lipinski definition) is 7. The van der Waals surface area contributed by atoms with Crippen molar-refractivity contribution in [2.24, 2.45) is 0 Å². The molecule has 0 spiro atoms. The van der Waals surface area contributed by atoms with Crippen LogP contribution in [0, 0.1) is 5.82 Å². The van der Waals surface area contributed by atoms with Gasteiger partial charge in [0.05, 0.1) is 23.9 Å². The predicted octanol–water partition coefficient (Wildman–Crippen LogP) is 5.05. The van der Waals surface area contributed by atoms with E-state index in [0.29, 0.717) is 54.5 Å². The van der Waals surface area contributed by atoms with Crippen LogP contribution < -0.4 is 15.4 Å². The van der Waals surface area contributed by atoms with Crippen molar-refractivity contribution in [2.75, 3.05) is 38.1 Å². The molecule has 11 heteroatoms. The lowest BCUT2D eigenvalue weighted by Gasteiger charge is -2.14. The summed E-state index contributed by atoms with van der Waals surface area (Å²) in [5.41, 5.74) is 1.96. The molecule has 0 saturated carbocycles. The molecule has 1 aromatic carbocycles. The third kappa shape index (κ3) is 4.85. The van der Waals surface area contributed by atoms with Gasteiger partial charge < -0.3 is 20.3 Å². The fraction of sp³-hybridized carbons (Fsp3) is 0.250. The molecular weight excluding hydrogens is 491 g/mol. The van der Waals surface area contributed by atoms with Gasteiger partial charge in [0.25, 0.3) is 0 Å². The minimum Gasteiger partial charge on any atom is -0.492 e. The maximum Gasteiger partial charge on any atom is 0.317 e. The number of amides is 2. The quantitative estimate of drug-likeness (QED) is 0.321. The molecule has 8 nitrogen and oxygen atoms in total. The molecule has 0 bridgehead atoms. The largest absolute Gasteiger partial charge is 0.492 e. The Morgan fingerprint density at radius 2 is 2.14 bits per heavy atom. The lowest BCUT2D eigenvalue weighted by Crippen LogP contribution is -2.32. The standard InChI is InChI=1S/C24H22ClFN6O2S/c1-2-34-18-13-29-20(25)11-16(18)15-5-3-4-14-10-19(35-22(14)15)21-17(26)12-30-23(31-21)27-6-8-32-9-7-28-24(32)33/h3-5,10-13H,2,6-9H2,1H3,(H,28,33)(H,27,30,31). The Balaban J connectivity index is 1.46. The van der Waals surface area contributed by atoms with Crippen molar-refractivity contribution in [1.29, 1.82) is 0 Å². The Bertz CT molecular complexity index is 1400. The number of ether oxygens (including phenoxy) is 1. The van der Waals surface area contributed by atoms with Gasteiger partial charge in [0.2, 0.25) is 5.95 Å². The predicted molar refractivity (Wildman–Crippen MR) is 136 cm³/mol. The molecular formula is C24H22ClFN6O2S. The first-order chi connectivity index (χ1) is 17.0. The van der Waals surface area contributed by atoms with Crippen LogP contribution in [0.1, 0.15) is 6.92 Å². The van der Waals surface area contributed by atoms with E-state index < -0.39 is 5.82 Å². The zero-order valence-corrected chi connectivity index (χ0v) is 20.4. The van der Waals surface area contributed by atoms with E-state index in [1.54, 1.807) is 17.2 Å². The van der Waals surface area contributed by atoms with Crippen LogP contribution >= 0.6 is 22.9 Å². The van der Waals surface area contributed by atoms with Crippen LogP contribution in [0.15, 0.2) is 42.7 Å². The summed E-state index contributed by atoms with van der Waals surface area (Å²) in [6, 6.07) is 9.49. The van der Waals surface area contributed by atoms with Crippen LogP contribution in [0.3, 0.4) is 0 Å². The molecule has 1 saturated heterocycles. The van der Waals surface area contributed by atoms with Crippen LogP contribution in [0.4, 0.5) is 15.1 Å². The second kappa shape index (κ2) is 10.0. The van der Waals surface area contributed by atoms with Gasteiger partial charge in [-0.05, 0) is 24.4 Å². The molecule has 0 unspecified atom stereocenters. The van der Waals surface area contributed by atoms with Gasteiger partial charge in [-0.3, -0.25) is 0 Å². The summed E-state index contributed by atoms with van der Waals surface area (Å²) < 4.78 is 21.5. The minimum atomic E-state index is -0.510. The molecule has 2 amide bonds. The average Bonchev–Trinajstić information content (AvgIpc) is 3.47. The summed E-state index contributed by atoms with van der Waals surface area (Å²) in [5.74, 6) is 0.425. The van der Waals surface area contributed by atoms with Gasteiger partial charge in [0.1, 0.15) is 16.6 Å². The highest BCUT2D eigenvalue weighted by Crippen LogP contribution is 2.42. The van der Waals surface area contributed by atoms with Gasteiger partial charge in [0.15, 0.2) is 5.82 Å². The van der Waals surface area contributed by atoms with E-state index in [1.165, 1.54) is 11.3 Å². The average molecular weight is 513 g/mol. The van der Waals surface area contributed by atoms with E-state index in [9.17, 15) is 9.18 Å². The summed E-state index contributed by atoms with van der Waals surface area (Å²) in [5, 5.41) is 7.16. The maximum atomic E-state index is 14.8. The van der Waals surface area contributed by atoms with Crippen molar-refractivity contribution in [2.45, 2.75) is 6.92 Å². The van der Waals surface area contributed by atoms with Gasteiger partial charge in [-0.15, -0.1) is 11.3 Å². The first kappa shape index (κ1) is 23.3. The number of hydrogen-bond donors (Lipinski definition) is 2. The lowest BCUT2D eigenvalue weighted by atomic mass is 10.0. The van der Waals surface area contributed by atoms with Crippen molar-refractivity contribution in [1.82, 2.24) is 25.2 Å². The maximum absolute atomic E-state index is 14.8. The Hall–Kier alpha value is -3.50. The first-order valence-electron chi connectivity index (χ1n) is 11.1. The van der Waals surface area contributed by atoms with Gasteiger partial charge in [-0.2, -0.15) is 0 Å². The van der Waals surface area contributed by atoms with E-state index >= 15 is 0 Å². The SMILES string of the molecule is CCOc1cnc(Cl)cc1-c1cccc2cc(-c3nc(NCCN4CCNC4=O)ncc3F)sc12. The Morgan fingerprint density at radius 1 is 1.26 bits per heavy atom. The molecule has 2 N–H and O–H groups in total. The molecule has 0 radical (unpaired) electrons. The molecule has 4 aromatic rings. The third-order valence-corrected chi connectivity index (χ3v) is 6.95. The number of nitrogens with one attached hydrogen (secondary N) is 2. The van der Waals surface area contributed by atoms with Gasteiger partial charge in [-0.1, -0.05) is 29.8 Å². The number of benzene rings is 1. The Morgan fingerprint density at radius 3 is 2.94 bits per heavy atom. The van der Waals surface area contributed by atoms with Crippen LogP contribution in [0.25, 0.3) is 31.8 Å². The van der Waals surface area contributed by atoms with Crippen LogP contribution in [0.5, 0.6) is 5.75 Å². The highest BCUT2D eigenvalue weighted by atomic mass is 35.5. The number of pyridine rings is 1. The number of thiophene rings is 1. The molecule has 180 valence electrons. The number of carbonyl (C=O) groups is 1. The van der Waals surface area contributed by atoms with Crippen LogP contribution in [-0.2, 0) is 0 Å². The molecule has 0 atom stereocenters. The lowest BCUT2D eigenvalue weighted by molar-refractivity contribution is 0.219. The fourth-order valence-corrected chi connectivity index (χ4v) is 5.28. The van der Waals surface area contributed by atoms with Gasteiger partial charge in [0, 0.05) is 42.0 Å². The summed E-state index contributed by atoms with van der Waals surface area (Å²) in [6.07, 6.45) is 2.77. The Kier molecular flexibility index (Phi) is 6.65. The second-order valence-electron chi connectivity index (χ2n) is 7.81.